The van der Waals surface area contributed by atoms with Gasteiger partial charge < -0.3 is 5.32 Å². The van der Waals surface area contributed by atoms with Crippen LogP contribution in [0.1, 0.15) is 52.9 Å². The van der Waals surface area contributed by atoms with Gasteiger partial charge in [0.25, 0.3) is 0 Å². The lowest BCUT2D eigenvalue weighted by Gasteiger charge is -2.38. The molecule has 0 radical (unpaired) electrons. The van der Waals surface area contributed by atoms with Crippen LogP contribution in [-0.4, -0.2) is 32.5 Å². The van der Waals surface area contributed by atoms with E-state index in [9.17, 15) is 8.42 Å². The Hall–Kier alpha value is -0.0900. The van der Waals surface area contributed by atoms with Crippen LogP contribution in [0.4, 0.5) is 0 Å². The first-order valence-corrected chi connectivity index (χ1v) is 9.22. The SMILES string of the molecule is CNCC1(CCS(=O)(=O)C(C)(C)C)CC2CCC1C2. The minimum Gasteiger partial charge on any atom is -0.319 e. The Morgan fingerprint density at radius 3 is 2.37 bits per heavy atom. The molecule has 0 aromatic rings. The summed E-state index contributed by atoms with van der Waals surface area (Å²) in [6, 6.07) is 0. The van der Waals surface area contributed by atoms with Crippen LogP contribution in [0.5, 0.6) is 0 Å². The van der Waals surface area contributed by atoms with Crippen molar-refractivity contribution in [2.24, 2.45) is 17.3 Å². The molecule has 3 nitrogen and oxygen atoms in total. The summed E-state index contributed by atoms with van der Waals surface area (Å²) in [5, 5.41) is 3.32. The first-order valence-electron chi connectivity index (χ1n) is 7.57. The molecule has 0 spiro atoms. The van der Waals surface area contributed by atoms with Crippen LogP contribution in [-0.2, 0) is 9.84 Å². The van der Waals surface area contributed by atoms with Crippen molar-refractivity contribution in [2.75, 3.05) is 19.3 Å². The molecule has 0 aromatic heterocycles. The monoisotopic (exact) mass is 287 g/mol. The molecule has 2 saturated carbocycles. The zero-order valence-electron chi connectivity index (χ0n) is 12.8. The first kappa shape index (κ1) is 15.3. The number of nitrogens with one attached hydrogen (secondary N) is 1. The molecule has 4 heteroatoms. The van der Waals surface area contributed by atoms with E-state index in [4.69, 9.17) is 0 Å². The highest BCUT2D eigenvalue weighted by Crippen LogP contribution is 2.57. The van der Waals surface area contributed by atoms with Crippen molar-refractivity contribution in [1.82, 2.24) is 5.32 Å². The van der Waals surface area contributed by atoms with Gasteiger partial charge in [-0.15, -0.1) is 0 Å². The van der Waals surface area contributed by atoms with Crippen molar-refractivity contribution in [3.8, 4) is 0 Å². The largest absolute Gasteiger partial charge is 0.319 e. The molecule has 2 bridgehead atoms. The molecule has 0 saturated heterocycles. The van der Waals surface area contributed by atoms with E-state index in [0.717, 1.165) is 24.8 Å². The van der Waals surface area contributed by atoms with Crippen molar-refractivity contribution in [1.29, 1.82) is 0 Å². The molecule has 2 aliphatic carbocycles. The third kappa shape index (κ3) is 2.85. The molecule has 2 fully saturated rings. The molecule has 3 atom stereocenters. The normalized spacial score (nSPS) is 34.9. The van der Waals surface area contributed by atoms with Gasteiger partial charge in [-0.25, -0.2) is 8.42 Å². The highest BCUT2D eigenvalue weighted by atomic mass is 32.2. The molecule has 0 aromatic carbocycles. The minimum absolute atomic E-state index is 0.246. The Bertz CT molecular complexity index is 424. The van der Waals surface area contributed by atoms with Gasteiger partial charge in [-0.05, 0) is 70.8 Å². The lowest BCUT2D eigenvalue weighted by Crippen LogP contribution is -2.40. The standard InChI is InChI=1S/C15H29NO2S/c1-14(2,3)19(17,18)8-7-15(11-16-4)10-12-5-6-13(15)9-12/h12-13,16H,5-11H2,1-4H3. The molecule has 0 aliphatic heterocycles. The summed E-state index contributed by atoms with van der Waals surface area (Å²) in [6.45, 7) is 6.42. The molecule has 2 rings (SSSR count). The second-order valence-electron chi connectivity index (χ2n) is 7.65. The Morgan fingerprint density at radius 2 is 1.95 bits per heavy atom. The molecule has 112 valence electrons. The molecule has 19 heavy (non-hydrogen) atoms. The van der Waals surface area contributed by atoms with E-state index >= 15 is 0 Å². The van der Waals surface area contributed by atoms with Crippen LogP contribution in [0.15, 0.2) is 0 Å². The molecule has 1 N–H and O–H groups in total. The molecule has 0 amide bonds. The van der Waals surface area contributed by atoms with Gasteiger partial charge in [-0.2, -0.15) is 0 Å². The number of sulfone groups is 1. The van der Waals surface area contributed by atoms with Crippen LogP contribution in [0.25, 0.3) is 0 Å². The third-order valence-electron chi connectivity index (χ3n) is 5.43. The van der Waals surface area contributed by atoms with Gasteiger partial charge in [0, 0.05) is 6.54 Å². The number of hydrogen-bond donors (Lipinski definition) is 1. The topological polar surface area (TPSA) is 46.2 Å². The van der Waals surface area contributed by atoms with E-state index in [-0.39, 0.29) is 5.41 Å². The van der Waals surface area contributed by atoms with Crippen LogP contribution in [0.3, 0.4) is 0 Å². The van der Waals surface area contributed by atoms with Crippen LogP contribution >= 0.6 is 0 Å². The second-order valence-corrected chi connectivity index (χ2v) is 10.5. The van der Waals surface area contributed by atoms with E-state index in [1.165, 1.54) is 25.7 Å². The van der Waals surface area contributed by atoms with Gasteiger partial charge in [0.05, 0.1) is 10.5 Å². The average molecular weight is 287 g/mol. The summed E-state index contributed by atoms with van der Waals surface area (Å²) in [7, 11) is -0.994. The van der Waals surface area contributed by atoms with E-state index in [1.54, 1.807) is 0 Å². The molecule has 2 aliphatic rings. The summed E-state index contributed by atoms with van der Waals surface area (Å²) in [6.07, 6.45) is 6.08. The Labute approximate surface area is 118 Å². The maximum Gasteiger partial charge on any atom is 0.155 e. The maximum absolute atomic E-state index is 12.3. The Morgan fingerprint density at radius 1 is 1.26 bits per heavy atom. The molecule has 0 heterocycles. The highest BCUT2D eigenvalue weighted by Gasteiger charge is 2.50. The highest BCUT2D eigenvalue weighted by molar-refractivity contribution is 7.92. The molecule has 3 unspecified atom stereocenters. The van der Waals surface area contributed by atoms with Crippen molar-refractivity contribution >= 4 is 9.84 Å². The fourth-order valence-electron chi connectivity index (χ4n) is 4.17. The Kier molecular flexibility index (Phi) is 4.05. The van der Waals surface area contributed by atoms with Gasteiger partial charge in [0.2, 0.25) is 0 Å². The summed E-state index contributed by atoms with van der Waals surface area (Å²) in [5.74, 6) is 1.96. The van der Waals surface area contributed by atoms with Gasteiger partial charge in [-0.1, -0.05) is 6.42 Å². The average Bonchev–Trinajstić information content (AvgIpc) is 2.86. The van der Waals surface area contributed by atoms with E-state index in [2.05, 4.69) is 5.32 Å². The molecular formula is C15H29NO2S. The van der Waals surface area contributed by atoms with Crippen molar-refractivity contribution in [3.05, 3.63) is 0 Å². The fraction of sp³-hybridized carbons (Fsp3) is 1.00. The van der Waals surface area contributed by atoms with Crippen LogP contribution in [0, 0.1) is 17.3 Å². The third-order valence-corrected chi connectivity index (χ3v) is 8.04. The smallest absolute Gasteiger partial charge is 0.155 e. The minimum atomic E-state index is -2.99. The van der Waals surface area contributed by atoms with Crippen molar-refractivity contribution in [3.63, 3.8) is 0 Å². The van der Waals surface area contributed by atoms with Crippen LogP contribution in [0.2, 0.25) is 0 Å². The predicted molar refractivity (Wildman–Crippen MR) is 80.0 cm³/mol. The van der Waals surface area contributed by atoms with E-state index in [0.29, 0.717) is 5.75 Å². The predicted octanol–water partition coefficient (Wildman–Crippen LogP) is 2.62. The van der Waals surface area contributed by atoms with E-state index in [1.807, 2.05) is 27.8 Å². The van der Waals surface area contributed by atoms with E-state index < -0.39 is 14.6 Å². The lowest BCUT2D eigenvalue weighted by molar-refractivity contribution is 0.154. The zero-order chi connectivity index (χ0) is 14.3. The van der Waals surface area contributed by atoms with Gasteiger partial charge >= 0.3 is 0 Å². The van der Waals surface area contributed by atoms with Crippen LogP contribution < -0.4 is 5.32 Å². The zero-order valence-corrected chi connectivity index (χ0v) is 13.6. The Balaban J connectivity index is 2.07. The number of hydrogen-bond acceptors (Lipinski definition) is 3. The summed E-state index contributed by atoms with van der Waals surface area (Å²) in [5.41, 5.74) is 0.246. The quantitative estimate of drug-likeness (QED) is 0.845. The van der Waals surface area contributed by atoms with Gasteiger partial charge in [0.15, 0.2) is 9.84 Å². The summed E-state index contributed by atoms with van der Waals surface area (Å²) >= 11 is 0. The first-order chi connectivity index (χ1) is 8.70. The summed E-state index contributed by atoms with van der Waals surface area (Å²) < 4.78 is 24.1. The fourth-order valence-corrected chi connectivity index (χ4v) is 5.45. The van der Waals surface area contributed by atoms with Crippen molar-refractivity contribution < 1.29 is 8.42 Å². The number of fused-ring (bicyclic) bond motifs is 2. The van der Waals surface area contributed by atoms with Crippen molar-refractivity contribution in [2.45, 2.75) is 57.6 Å². The number of rotatable bonds is 5. The van der Waals surface area contributed by atoms with Gasteiger partial charge in [0.1, 0.15) is 0 Å². The lowest BCUT2D eigenvalue weighted by atomic mass is 9.71. The summed E-state index contributed by atoms with van der Waals surface area (Å²) in [4.78, 5) is 0. The second kappa shape index (κ2) is 5.03. The van der Waals surface area contributed by atoms with Gasteiger partial charge in [-0.3, -0.25) is 0 Å². The molecular weight excluding hydrogens is 258 g/mol. The maximum atomic E-state index is 12.3.